The highest BCUT2D eigenvalue weighted by Gasteiger charge is 2.29. The first-order valence-electron chi connectivity index (χ1n) is 9.04. The summed E-state index contributed by atoms with van der Waals surface area (Å²) < 4.78 is 6.39. The van der Waals surface area contributed by atoms with Gasteiger partial charge < -0.3 is 9.42 Å². The quantitative estimate of drug-likeness (QED) is 0.649. The van der Waals surface area contributed by atoms with Gasteiger partial charge in [-0.2, -0.15) is 4.98 Å². The van der Waals surface area contributed by atoms with E-state index in [0.29, 0.717) is 30.6 Å². The van der Waals surface area contributed by atoms with Crippen LogP contribution < -0.4 is 0 Å². The summed E-state index contributed by atoms with van der Waals surface area (Å²) in [4.78, 5) is 19.0. The molecule has 0 spiro atoms. The number of aromatic nitrogens is 2. The molecule has 2 aromatic rings. The van der Waals surface area contributed by atoms with Gasteiger partial charge in [0.05, 0.1) is 0 Å². The van der Waals surface area contributed by atoms with Gasteiger partial charge in [0, 0.05) is 35.5 Å². The minimum Gasteiger partial charge on any atom is -0.342 e. The van der Waals surface area contributed by atoms with E-state index in [9.17, 15) is 4.79 Å². The summed E-state index contributed by atoms with van der Waals surface area (Å²) in [5.74, 6) is 1.71. The summed E-state index contributed by atoms with van der Waals surface area (Å²) in [6, 6.07) is 7.81. The zero-order valence-corrected chi connectivity index (χ0v) is 16.2. The third-order valence-electron chi connectivity index (χ3n) is 4.71. The molecule has 0 saturated heterocycles. The molecule has 0 aliphatic heterocycles. The molecule has 5 nitrogen and oxygen atoms in total. The Kier molecular flexibility index (Phi) is 6.24. The van der Waals surface area contributed by atoms with Crippen molar-refractivity contribution in [2.45, 2.75) is 45.4 Å². The zero-order valence-electron chi connectivity index (χ0n) is 14.6. The number of carbonyl (C=O) groups is 1. The van der Waals surface area contributed by atoms with Gasteiger partial charge in [0.1, 0.15) is 0 Å². The van der Waals surface area contributed by atoms with Crippen molar-refractivity contribution in [1.29, 1.82) is 0 Å². The number of benzene rings is 1. The van der Waals surface area contributed by atoms with E-state index in [1.54, 1.807) is 0 Å². The van der Waals surface area contributed by atoms with Crippen molar-refractivity contribution in [3.05, 3.63) is 34.6 Å². The SMILES string of the molecule is CCCCN(CCc1nc(-c2ccc(Br)cc2)no1)C(=O)C1CCC1. The van der Waals surface area contributed by atoms with E-state index in [-0.39, 0.29) is 5.92 Å². The Balaban J connectivity index is 1.60. The van der Waals surface area contributed by atoms with Crippen LogP contribution in [0.2, 0.25) is 0 Å². The van der Waals surface area contributed by atoms with Crippen LogP contribution in [-0.2, 0) is 11.2 Å². The molecule has 25 heavy (non-hydrogen) atoms. The van der Waals surface area contributed by atoms with Crippen LogP contribution in [0.5, 0.6) is 0 Å². The predicted octanol–water partition coefficient (Wildman–Crippen LogP) is 4.47. The van der Waals surface area contributed by atoms with Crippen LogP contribution in [0.4, 0.5) is 0 Å². The van der Waals surface area contributed by atoms with Crippen molar-refractivity contribution < 1.29 is 9.32 Å². The van der Waals surface area contributed by atoms with Gasteiger partial charge in [-0.1, -0.05) is 40.9 Å². The molecular weight excluding hydrogens is 382 g/mol. The number of nitrogens with zero attached hydrogens (tertiary/aromatic N) is 3. The van der Waals surface area contributed by atoms with Crippen molar-refractivity contribution in [1.82, 2.24) is 15.0 Å². The molecule has 0 unspecified atom stereocenters. The molecule has 3 rings (SSSR count). The standard InChI is InChI=1S/C19H24BrN3O2/c1-2-3-12-23(19(24)15-5-4-6-15)13-11-17-21-18(22-25-17)14-7-9-16(20)10-8-14/h7-10,15H,2-6,11-13H2,1H3. The van der Waals surface area contributed by atoms with Crippen LogP contribution in [0.1, 0.15) is 44.9 Å². The molecule has 1 aliphatic carbocycles. The first kappa shape index (κ1) is 18.1. The van der Waals surface area contributed by atoms with Gasteiger partial charge in [-0.05, 0) is 43.5 Å². The number of hydrogen-bond donors (Lipinski definition) is 0. The fourth-order valence-corrected chi connectivity index (χ4v) is 3.16. The first-order chi connectivity index (χ1) is 12.2. The topological polar surface area (TPSA) is 59.2 Å². The van der Waals surface area contributed by atoms with E-state index < -0.39 is 0 Å². The second-order valence-electron chi connectivity index (χ2n) is 6.58. The lowest BCUT2D eigenvalue weighted by molar-refractivity contribution is -0.138. The zero-order chi connectivity index (χ0) is 17.6. The van der Waals surface area contributed by atoms with E-state index in [2.05, 4.69) is 33.0 Å². The number of hydrogen-bond acceptors (Lipinski definition) is 4. The van der Waals surface area contributed by atoms with Crippen LogP contribution in [0, 0.1) is 5.92 Å². The fourth-order valence-electron chi connectivity index (χ4n) is 2.90. The Morgan fingerprint density at radius 3 is 2.68 bits per heavy atom. The van der Waals surface area contributed by atoms with E-state index in [4.69, 9.17) is 4.52 Å². The molecule has 1 saturated carbocycles. The minimum absolute atomic E-state index is 0.234. The van der Waals surface area contributed by atoms with Crippen LogP contribution in [0.15, 0.2) is 33.3 Å². The van der Waals surface area contributed by atoms with Crippen molar-refractivity contribution in [3.63, 3.8) is 0 Å². The van der Waals surface area contributed by atoms with Crippen LogP contribution >= 0.6 is 15.9 Å². The molecule has 6 heteroatoms. The Morgan fingerprint density at radius 1 is 1.28 bits per heavy atom. The predicted molar refractivity (Wildman–Crippen MR) is 100.0 cm³/mol. The van der Waals surface area contributed by atoms with E-state index in [0.717, 1.165) is 42.3 Å². The molecule has 1 heterocycles. The highest BCUT2D eigenvalue weighted by molar-refractivity contribution is 9.10. The maximum atomic E-state index is 12.6. The molecule has 1 aromatic heterocycles. The van der Waals surface area contributed by atoms with Gasteiger partial charge >= 0.3 is 0 Å². The normalized spacial score (nSPS) is 14.3. The highest BCUT2D eigenvalue weighted by Crippen LogP contribution is 2.28. The highest BCUT2D eigenvalue weighted by atomic mass is 79.9. The molecule has 1 aliphatic rings. The molecule has 134 valence electrons. The molecule has 1 amide bonds. The largest absolute Gasteiger partial charge is 0.342 e. The van der Waals surface area contributed by atoms with Crippen molar-refractivity contribution >= 4 is 21.8 Å². The van der Waals surface area contributed by atoms with Gasteiger partial charge in [0.25, 0.3) is 0 Å². The average molecular weight is 406 g/mol. The number of unbranched alkanes of at least 4 members (excludes halogenated alkanes) is 1. The molecule has 0 bridgehead atoms. The van der Waals surface area contributed by atoms with Gasteiger partial charge in [0.15, 0.2) is 0 Å². The van der Waals surface area contributed by atoms with Crippen molar-refractivity contribution in [2.75, 3.05) is 13.1 Å². The molecule has 0 N–H and O–H groups in total. The van der Waals surface area contributed by atoms with Crippen molar-refractivity contribution in [3.8, 4) is 11.4 Å². The number of carbonyl (C=O) groups excluding carboxylic acids is 1. The first-order valence-corrected chi connectivity index (χ1v) is 9.84. The van der Waals surface area contributed by atoms with E-state index >= 15 is 0 Å². The maximum Gasteiger partial charge on any atom is 0.228 e. The van der Waals surface area contributed by atoms with Crippen molar-refractivity contribution in [2.24, 2.45) is 5.92 Å². The molecule has 0 radical (unpaired) electrons. The smallest absolute Gasteiger partial charge is 0.228 e. The maximum absolute atomic E-state index is 12.6. The third kappa shape index (κ3) is 4.69. The lowest BCUT2D eigenvalue weighted by Gasteiger charge is -2.31. The van der Waals surface area contributed by atoms with Gasteiger partial charge in [-0.25, -0.2) is 0 Å². The fraction of sp³-hybridized carbons (Fsp3) is 0.526. The summed E-state index contributed by atoms with van der Waals surface area (Å²) in [7, 11) is 0. The summed E-state index contributed by atoms with van der Waals surface area (Å²) >= 11 is 3.42. The average Bonchev–Trinajstić information content (AvgIpc) is 3.03. The van der Waals surface area contributed by atoms with Gasteiger partial charge in [-0.3, -0.25) is 4.79 Å². The lowest BCUT2D eigenvalue weighted by Crippen LogP contribution is -2.40. The molecule has 1 aromatic carbocycles. The molecular formula is C19H24BrN3O2. The third-order valence-corrected chi connectivity index (χ3v) is 5.24. The Labute approximate surface area is 156 Å². The number of amides is 1. The molecule has 0 atom stereocenters. The number of rotatable bonds is 8. The Hall–Kier alpha value is -1.69. The van der Waals surface area contributed by atoms with Crippen LogP contribution in [0.25, 0.3) is 11.4 Å². The molecule has 1 fully saturated rings. The summed E-state index contributed by atoms with van der Waals surface area (Å²) in [6.07, 6.45) is 5.98. The summed E-state index contributed by atoms with van der Waals surface area (Å²) in [6.45, 7) is 3.62. The lowest BCUT2D eigenvalue weighted by atomic mass is 9.84. The van der Waals surface area contributed by atoms with E-state index in [1.165, 1.54) is 6.42 Å². The minimum atomic E-state index is 0.234. The summed E-state index contributed by atoms with van der Waals surface area (Å²) in [5, 5.41) is 4.06. The van der Waals surface area contributed by atoms with Crippen LogP contribution in [0.3, 0.4) is 0 Å². The summed E-state index contributed by atoms with van der Waals surface area (Å²) in [5.41, 5.74) is 0.923. The van der Waals surface area contributed by atoms with Gasteiger partial charge in [0.2, 0.25) is 17.6 Å². The van der Waals surface area contributed by atoms with E-state index in [1.807, 2.05) is 29.2 Å². The monoisotopic (exact) mass is 405 g/mol. The Bertz CT molecular complexity index is 695. The Morgan fingerprint density at radius 2 is 2.04 bits per heavy atom. The van der Waals surface area contributed by atoms with Crippen LogP contribution in [-0.4, -0.2) is 34.0 Å². The second-order valence-corrected chi connectivity index (χ2v) is 7.49. The number of halogens is 1. The second kappa shape index (κ2) is 8.61. The van der Waals surface area contributed by atoms with Gasteiger partial charge in [-0.15, -0.1) is 0 Å².